The van der Waals surface area contributed by atoms with Crippen LogP contribution in [-0.4, -0.2) is 51.5 Å². The topological polar surface area (TPSA) is 21.7 Å². The van der Waals surface area contributed by atoms with E-state index in [4.69, 9.17) is 9.47 Å². The van der Waals surface area contributed by atoms with Gasteiger partial charge in [0.25, 0.3) is 0 Å². The predicted molar refractivity (Wildman–Crippen MR) is 50.5 cm³/mol. The Hall–Kier alpha value is -0.120. The number of nitrogens with zero attached hydrogens (tertiary/aromatic N) is 1. The lowest BCUT2D eigenvalue weighted by atomic mass is 10.3. The van der Waals surface area contributed by atoms with E-state index in [1.807, 2.05) is 27.9 Å². The molecule has 0 aliphatic heterocycles. The molecular formula is C9H21NO2. The van der Waals surface area contributed by atoms with E-state index >= 15 is 0 Å². The summed E-state index contributed by atoms with van der Waals surface area (Å²) in [5.41, 5.74) is 0. The highest BCUT2D eigenvalue weighted by molar-refractivity contribution is 4.59. The summed E-state index contributed by atoms with van der Waals surface area (Å²) in [6.45, 7) is 7.15. The minimum atomic E-state index is 0.213. The van der Waals surface area contributed by atoms with Crippen molar-refractivity contribution in [1.29, 1.82) is 0 Å². The zero-order valence-corrected chi connectivity index (χ0v) is 8.67. The summed E-state index contributed by atoms with van der Waals surface area (Å²) < 4.78 is 10.8. The van der Waals surface area contributed by atoms with Crippen molar-refractivity contribution in [3.8, 4) is 0 Å². The summed E-state index contributed by atoms with van der Waals surface area (Å²) in [4.78, 5) is 2.11. The van der Waals surface area contributed by atoms with Crippen molar-refractivity contribution in [2.75, 3.05) is 40.5 Å². The maximum atomic E-state index is 5.49. The van der Waals surface area contributed by atoms with Crippen LogP contribution in [0.3, 0.4) is 0 Å². The molecule has 3 nitrogen and oxygen atoms in total. The van der Waals surface area contributed by atoms with E-state index in [-0.39, 0.29) is 6.10 Å². The first-order chi connectivity index (χ1) is 5.70. The summed E-state index contributed by atoms with van der Waals surface area (Å²) in [5, 5.41) is 0. The quantitative estimate of drug-likeness (QED) is 0.576. The molecule has 0 aliphatic carbocycles. The van der Waals surface area contributed by atoms with Gasteiger partial charge >= 0.3 is 0 Å². The Bertz CT molecular complexity index is 96.5. The van der Waals surface area contributed by atoms with Crippen molar-refractivity contribution in [2.24, 2.45) is 0 Å². The van der Waals surface area contributed by atoms with Crippen LogP contribution < -0.4 is 0 Å². The van der Waals surface area contributed by atoms with Gasteiger partial charge in [0.1, 0.15) is 0 Å². The average Bonchev–Trinajstić information content (AvgIpc) is 2.00. The number of ether oxygens (including phenoxy) is 2. The highest BCUT2D eigenvalue weighted by Crippen LogP contribution is 1.95. The largest absolute Gasteiger partial charge is 0.379 e. The van der Waals surface area contributed by atoms with Crippen LogP contribution in [0.15, 0.2) is 0 Å². The second kappa shape index (κ2) is 7.53. The van der Waals surface area contributed by atoms with E-state index in [0.29, 0.717) is 6.61 Å². The van der Waals surface area contributed by atoms with Gasteiger partial charge in [-0.3, -0.25) is 0 Å². The van der Waals surface area contributed by atoms with E-state index < -0.39 is 0 Å². The normalized spacial score (nSPS) is 13.8. The minimum absolute atomic E-state index is 0.213. The molecule has 0 rings (SSSR count). The molecule has 12 heavy (non-hydrogen) atoms. The monoisotopic (exact) mass is 175 g/mol. The summed E-state index contributed by atoms with van der Waals surface area (Å²) in [6, 6.07) is 0. The Morgan fingerprint density at radius 1 is 1.17 bits per heavy atom. The molecule has 0 aliphatic rings. The van der Waals surface area contributed by atoms with Crippen LogP contribution in [0.4, 0.5) is 0 Å². The van der Waals surface area contributed by atoms with Crippen molar-refractivity contribution in [3.63, 3.8) is 0 Å². The van der Waals surface area contributed by atoms with Gasteiger partial charge in [0.05, 0.1) is 12.7 Å². The highest BCUT2D eigenvalue weighted by Gasteiger charge is 2.08. The molecule has 1 unspecified atom stereocenters. The maximum Gasteiger partial charge on any atom is 0.0934 e. The molecule has 0 aromatic rings. The van der Waals surface area contributed by atoms with Gasteiger partial charge in [0, 0.05) is 19.8 Å². The molecule has 0 bridgehead atoms. The number of hydrogen-bond donors (Lipinski definition) is 0. The van der Waals surface area contributed by atoms with E-state index in [0.717, 1.165) is 19.8 Å². The van der Waals surface area contributed by atoms with Crippen LogP contribution in [0.2, 0.25) is 0 Å². The average molecular weight is 175 g/mol. The second-order valence-corrected chi connectivity index (χ2v) is 3.00. The molecule has 0 amide bonds. The Balaban J connectivity index is 3.54. The zero-order valence-electron chi connectivity index (χ0n) is 8.67. The molecule has 0 aromatic heterocycles. The van der Waals surface area contributed by atoms with Crippen LogP contribution in [0.5, 0.6) is 0 Å². The van der Waals surface area contributed by atoms with Gasteiger partial charge in [-0.25, -0.2) is 0 Å². The van der Waals surface area contributed by atoms with Crippen LogP contribution in [0.1, 0.15) is 13.8 Å². The summed E-state index contributed by atoms with van der Waals surface area (Å²) in [6.07, 6.45) is 0.213. The molecule has 0 heterocycles. The Morgan fingerprint density at radius 3 is 2.25 bits per heavy atom. The molecule has 0 aromatic carbocycles. The second-order valence-electron chi connectivity index (χ2n) is 3.00. The number of likely N-dealkylation sites (N-methyl/N-ethyl adjacent to an activating group) is 1. The van der Waals surface area contributed by atoms with Crippen LogP contribution in [-0.2, 0) is 9.47 Å². The van der Waals surface area contributed by atoms with Crippen molar-refractivity contribution < 1.29 is 9.47 Å². The van der Waals surface area contributed by atoms with Crippen molar-refractivity contribution in [1.82, 2.24) is 4.90 Å². The van der Waals surface area contributed by atoms with Gasteiger partial charge in [0.2, 0.25) is 0 Å². The molecule has 1 atom stereocenters. The van der Waals surface area contributed by atoms with Crippen LogP contribution in [0, 0.1) is 0 Å². The first-order valence-electron chi connectivity index (χ1n) is 4.54. The highest BCUT2D eigenvalue weighted by atomic mass is 16.5. The van der Waals surface area contributed by atoms with Gasteiger partial charge in [0.15, 0.2) is 0 Å². The van der Waals surface area contributed by atoms with E-state index in [2.05, 4.69) is 4.90 Å². The van der Waals surface area contributed by atoms with Crippen molar-refractivity contribution in [3.05, 3.63) is 0 Å². The van der Waals surface area contributed by atoms with E-state index in [9.17, 15) is 0 Å². The third kappa shape index (κ3) is 6.58. The van der Waals surface area contributed by atoms with Crippen LogP contribution in [0.25, 0.3) is 0 Å². The lowest BCUT2D eigenvalue weighted by Crippen LogP contribution is -2.32. The third-order valence-corrected chi connectivity index (χ3v) is 1.48. The molecule has 74 valence electrons. The lowest BCUT2D eigenvalue weighted by Gasteiger charge is -2.20. The Morgan fingerprint density at radius 2 is 1.83 bits per heavy atom. The molecule has 0 radical (unpaired) electrons. The van der Waals surface area contributed by atoms with Gasteiger partial charge in [-0.05, 0) is 27.9 Å². The van der Waals surface area contributed by atoms with E-state index in [1.165, 1.54) is 0 Å². The summed E-state index contributed by atoms with van der Waals surface area (Å²) in [7, 11) is 4.08. The van der Waals surface area contributed by atoms with E-state index in [1.54, 1.807) is 0 Å². The fourth-order valence-electron chi connectivity index (χ4n) is 1.05. The molecular weight excluding hydrogens is 154 g/mol. The van der Waals surface area contributed by atoms with Crippen molar-refractivity contribution in [2.45, 2.75) is 20.0 Å². The first-order valence-corrected chi connectivity index (χ1v) is 4.54. The molecule has 0 N–H and O–H groups in total. The predicted octanol–water partition coefficient (Wildman–Crippen LogP) is 0.990. The Labute approximate surface area is 75.6 Å². The maximum absolute atomic E-state index is 5.49. The number of rotatable bonds is 7. The zero-order chi connectivity index (χ0) is 9.40. The summed E-state index contributed by atoms with van der Waals surface area (Å²) >= 11 is 0. The van der Waals surface area contributed by atoms with Gasteiger partial charge in [-0.2, -0.15) is 0 Å². The third-order valence-electron chi connectivity index (χ3n) is 1.48. The lowest BCUT2D eigenvalue weighted by molar-refractivity contribution is -0.0193. The standard InChI is InChI=1S/C9H21NO2/c1-5-11-8-9(12-6-2)7-10(3)4/h9H,5-8H2,1-4H3. The molecule has 0 saturated heterocycles. The summed E-state index contributed by atoms with van der Waals surface area (Å²) in [5.74, 6) is 0. The molecule has 0 saturated carbocycles. The van der Waals surface area contributed by atoms with Crippen LogP contribution >= 0.6 is 0 Å². The number of hydrogen-bond acceptors (Lipinski definition) is 3. The smallest absolute Gasteiger partial charge is 0.0934 e. The van der Waals surface area contributed by atoms with Crippen molar-refractivity contribution >= 4 is 0 Å². The minimum Gasteiger partial charge on any atom is -0.379 e. The fourth-order valence-corrected chi connectivity index (χ4v) is 1.05. The van der Waals surface area contributed by atoms with Gasteiger partial charge < -0.3 is 14.4 Å². The molecule has 0 fully saturated rings. The Kier molecular flexibility index (Phi) is 7.45. The molecule has 0 spiro atoms. The van der Waals surface area contributed by atoms with Gasteiger partial charge in [-0.15, -0.1) is 0 Å². The fraction of sp³-hybridized carbons (Fsp3) is 1.00. The van der Waals surface area contributed by atoms with Gasteiger partial charge in [-0.1, -0.05) is 0 Å². The molecule has 3 heteroatoms. The SMILES string of the molecule is CCOCC(CN(C)C)OCC. The first kappa shape index (κ1) is 11.9.